The van der Waals surface area contributed by atoms with E-state index in [2.05, 4.69) is 9.88 Å². The third kappa shape index (κ3) is 2.88. The Morgan fingerprint density at radius 2 is 1.96 bits per heavy atom. The lowest BCUT2D eigenvalue weighted by atomic mass is 10.1. The monoisotopic (exact) mass is 368 g/mol. The van der Waals surface area contributed by atoms with Gasteiger partial charge in [0.2, 0.25) is 0 Å². The van der Waals surface area contributed by atoms with Crippen LogP contribution in [-0.4, -0.2) is 46.9 Å². The third-order valence-electron chi connectivity index (χ3n) is 4.60. The Balaban J connectivity index is 1.58. The van der Waals surface area contributed by atoms with Crippen LogP contribution in [-0.2, 0) is 0 Å². The topological polar surface area (TPSA) is 79.6 Å². The summed E-state index contributed by atoms with van der Waals surface area (Å²) in [6.07, 6.45) is 1.64. The van der Waals surface area contributed by atoms with Gasteiger partial charge in [0, 0.05) is 43.8 Å². The summed E-state index contributed by atoms with van der Waals surface area (Å²) in [6.45, 7) is 2.55. The largest absolute Gasteiger partial charge is 0.366 e. The lowest BCUT2D eigenvalue weighted by Gasteiger charge is -2.36. The fraction of sp³-hybridized carbons (Fsp3) is 0.222. The molecule has 3 aromatic rings. The molecule has 1 saturated heterocycles. The van der Waals surface area contributed by atoms with Gasteiger partial charge in [-0.2, -0.15) is 11.3 Å². The van der Waals surface area contributed by atoms with E-state index < -0.39 is 0 Å². The van der Waals surface area contributed by atoms with Crippen LogP contribution < -0.4 is 4.90 Å². The fourth-order valence-corrected chi connectivity index (χ4v) is 3.91. The van der Waals surface area contributed by atoms with Crippen LogP contribution in [0.4, 0.5) is 11.4 Å². The molecule has 0 atom stereocenters. The molecule has 0 saturated carbocycles. The lowest BCUT2D eigenvalue weighted by molar-refractivity contribution is -0.383. The molecule has 0 N–H and O–H groups in total. The van der Waals surface area contributed by atoms with Crippen molar-refractivity contribution in [1.82, 2.24) is 9.88 Å². The molecule has 1 aliphatic rings. The highest BCUT2D eigenvalue weighted by Gasteiger charge is 2.25. The summed E-state index contributed by atoms with van der Waals surface area (Å²) in [4.78, 5) is 31.7. The Hall–Kier alpha value is -3.00. The predicted octanol–water partition coefficient (Wildman–Crippen LogP) is 3.17. The van der Waals surface area contributed by atoms with Crippen LogP contribution in [0, 0.1) is 10.1 Å². The number of piperazine rings is 1. The molecule has 1 amide bonds. The summed E-state index contributed by atoms with van der Waals surface area (Å²) in [5.41, 5.74) is 2.28. The molecule has 2 aromatic heterocycles. The number of hydrogen-bond donors (Lipinski definition) is 0. The van der Waals surface area contributed by atoms with Crippen LogP contribution in [0.2, 0.25) is 0 Å². The summed E-state index contributed by atoms with van der Waals surface area (Å²) < 4.78 is 0. The Labute approximate surface area is 153 Å². The first kappa shape index (κ1) is 16.5. The first-order valence-corrected chi connectivity index (χ1v) is 9.18. The Bertz CT molecular complexity index is 966. The number of nitro groups is 1. The van der Waals surface area contributed by atoms with Gasteiger partial charge >= 0.3 is 0 Å². The molecule has 0 aliphatic carbocycles. The van der Waals surface area contributed by atoms with Crippen molar-refractivity contribution in [1.29, 1.82) is 0 Å². The standard InChI is InChI=1S/C18H16N4O3S/c23-18(13-5-11-26-12-13)21-9-7-20(8-10-21)16-4-3-15(22(24)25)14-2-1-6-19-17(14)16/h1-6,11-12H,7-10H2. The maximum absolute atomic E-state index is 12.5. The number of amides is 1. The minimum atomic E-state index is -0.384. The van der Waals surface area contributed by atoms with E-state index in [0.29, 0.717) is 37.1 Å². The van der Waals surface area contributed by atoms with E-state index in [1.807, 2.05) is 21.7 Å². The van der Waals surface area contributed by atoms with Crippen molar-refractivity contribution in [2.75, 3.05) is 31.1 Å². The second-order valence-electron chi connectivity index (χ2n) is 6.05. The van der Waals surface area contributed by atoms with Gasteiger partial charge < -0.3 is 9.80 Å². The number of non-ortho nitro benzene ring substituents is 1. The number of carbonyl (C=O) groups is 1. The smallest absolute Gasteiger partial charge is 0.278 e. The van der Waals surface area contributed by atoms with Gasteiger partial charge in [0.15, 0.2) is 0 Å². The van der Waals surface area contributed by atoms with E-state index >= 15 is 0 Å². The van der Waals surface area contributed by atoms with Crippen LogP contribution in [0.3, 0.4) is 0 Å². The number of pyridine rings is 1. The molecule has 7 nitrogen and oxygen atoms in total. The van der Waals surface area contributed by atoms with Gasteiger partial charge in [-0.3, -0.25) is 19.9 Å². The predicted molar refractivity (Wildman–Crippen MR) is 101 cm³/mol. The molecule has 0 unspecified atom stereocenters. The second kappa shape index (κ2) is 6.72. The third-order valence-corrected chi connectivity index (χ3v) is 5.28. The molecule has 0 radical (unpaired) electrons. The number of carbonyl (C=O) groups excluding carboxylic acids is 1. The summed E-state index contributed by atoms with van der Waals surface area (Å²) in [5, 5.41) is 15.6. The highest BCUT2D eigenvalue weighted by Crippen LogP contribution is 2.32. The van der Waals surface area contributed by atoms with E-state index in [9.17, 15) is 14.9 Å². The molecule has 0 bridgehead atoms. The molecule has 26 heavy (non-hydrogen) atoms. The van der Waals surface area contributed by atoms with Crippen LogP contribution in [0.25, 0.3) is 10.9 Å². The Morgan fingerprint density at radius 3 is 2.65 bits per heavy atom. The van der Waals surface area contributed by atoms with E-state index in [0.717, 1.165) is 11.3 Å². The van der Waals surface area contributed by atoms with E-state index in [-0.39, 0.29) is 16.5 Å². The van der Waals surface area contributed by atoms with E-state index in [4.69, 9.17) is 0 Å². The number of aromatic nitrogens is 1. The highest BCUT2D eigenvalue weighted by molar-refractivity contribution is 7.08. The van der Waals surface area contributed by atoms with Crippen molar-refractivity contribution in [3.8, 4) is 0 Å². The molecule has 8 heteroatoms. The molecule has 3 heterocycles. The number of hydrogen-bond acceptors (Lipinski definition) is 6. The van der Waals surface area contributed by atoms with Crippen molar-refractivity contribution in [2.45, 2.75) is 0 Å². The Kier molecular flexibility index (Phi) is 4.26. The summed E-state index contributed by atoms with van der Waals surface area (Å²) in [6, 6.07) is 8.55. The fourth-order valence-electron chi connectivity index (χ4n) is 3.28. The van der Waals surface area contributed by atoms with E-state index in [1.54, 1.807) is 24.4 Å². The number of thiophene rings is 1. The van der Waals surface area contributed by atoms with Gasteiger partial charge in [0.05, 0.1) is 21.6 Å². The van der Waals surface area contributed by atoms with Crippen molar-refractivity contribution in [2.24, 2.45) is 0 Å². The quantitative estimate of drug-likeness (QED) is 0.524. The average Bonchev–Trinajstić information content (AvgIpc) is 3.21. The van der Waals surface area contributed by atoms with Crippen molar-refractivity contribution >= 4 is 39.5 Å². The number of nitrogens with zero attached hydrogens (tertiary/aromatic N) is 4. The molecule has 0 spiro atoms. The molecular formula is C18H16N4O3S. The van der Waals surface area contributed by atoms with Gasteiger partial charge in [-0.15, -0.1) is 0 Å². The molecular weight excluding hydrogens is 352 g/mol. The first-order chi connectivity index (χ1) is 12.6. The minimum absolute atomic E-state index is 0.0533. The zero-order valence-corrected chi connectivity index (χ0v) is 14.7. The number of anilines is 1. The van der Waals surface area contributed by atoms with Crippen LogP contribution in [0.1, 0.15) is 10.4 Å². The van der Waals surface area contributed by atoms with Gasteiger partial charge in [-0.05, 0) is 29.6 Å². The maximum Gasteiger partial charge on any atom is 0.278 e. The van der Waals surface area contributed by atoms with Crippen LogP contribution in [0.5, 0.6) is 0 Å². The summed E-state index contributed by atoms with van der Waals surface area (Å²) in [7, 11) is 0. The first-order valence-electron chi connectivity index (χ1n) is 8.23. The van der Waals surface area contributed by atoms with Crippen LogP contribution in [0.15, 0.2) is 47.3 Å². The second-order valence-corrected chi connectivity index (χ2v) is 6.83. The highest BCUT2D eigenvalue weighted by atomic mass is 32.1. The number of benzene rings is 1. The van der Waals surface area contributed by atoms with Crippen molar-refractivity contribution in [3.63, 3.8) is 0 Å². The summed E-state index contributed by atoms with van der Waals surface area (Å²) >= 11 is 1.51. The Morgan fingerprint density at radius 1 is 1.15 bits per heavy atom. The van der Waals surface area contributed by atoms with Gasteiger partial charge in [-0.25, -0.2) is 0 Å². The van der Waals surface area contributed by atoms with Crippen LogP contribution >= 0.6 is 11.3 Å². The number of fused-ring (bicyclic) bond motifs is 1. The van der Waals surface area contributed by atoms with Gasteiger partial charge in [-0.1, -0.05) is 0 Å². The lowest BCUT2D eigenvalue weighted by Crippen LogP contribution is -2.48. The maximum atomic E-state index is 12.5. The molecule has 1 fully saturated rings. The minimum Gasteiger partial charge on any atom is -0.366 e. The molecule has 1 aliphatic heterocycles. The SMILES string of the molecule is O=C(c1ccsc1)N1CCN(c2ccc([N+](=O)[O-])c3cccnc23)CC1. The van der Waals surface area contributed by atoms with Crippen molar-refractivity contribution < 1.29 is 9.72 Å². The average molecular weight is 368 g/mol. The molecule has 4 rings (SSSR count). The van der Waals surface area contributed by atoms with Gasteiger partial charge in [0.1, 0.15) is 5.52 Å². The normalized spacial score (nSPS) is 14.6. The number of rotatable bonds is 3. The zero-order chi connectivity index (χ0) is 18.1. The van der Waals surface area contributed by atoms with E-state index in [1.165, 1.54) is 17.4 Å². The molecule has 132 valence electrons. The zero-order valence-electron chi connectivity index (χ0n) is 13.9. The molecule has 1 aromatic carbocycles. The number of nitro benzene ring substituents is 1. The van der Waals surface area contributed by atoms with Crippen molar-refractivity contribution in [3.05, 3.63) is 63.0 Å². The summed E-state index contributed by atoms with van der Waals surface area (Å²) in [5.74, 6) is 0.0533. The van der Waals surface area contributed by atoms with Gasteiger partial charge in [0.25, 0.3) is 11.6 Å².